The van der Waals surface area contributed by atoms with E-state index in [2.05, 4.69) is 5.32 Å². The van der Waals surface area contributed by atoms with Gasteiger partial charge in [0.15, 0.2) is 0 Å². The average molecular weight is 154 g/mol. The van der Waals surface area contributed by atoms with Crippen molar-refractivity contribution in [1.29, 1.82) is 0 Å². The summed E-state index contributed by atoms with van der Waals surface area (Å²) in [6.07, 6.45) is 0. The maximum atomic E-state index is 11.0. The lowest BCUT2D eigenvalue weighted by atomic mass is 10.3. The summed E-state index contributed by atoms with van der Waals surface area (Å²) in [5, 5.41) is 11.2. The minimum absolute atomic E-state index is 0.0339. The Bertz CT molecular complexity index is 349. The van der Waals surface area contributed by atoms with Crippen LogP contribution in [0.15, 0.2) is 24.3 Å². The molecule has 0 aliphatic heterocycles. The Morgan fingerprint density at radius 3 is 3.18 bits per heavy atom. The molecule has 0 radical (unpaired) electrons. The SMILES string of the molecule is [2H]C([2H])([2H])C(=O)Nc1cccc(O)c1. The van der Waals surface area contributed by atoms with Gasteiger partial charge in [0.05, 0.1) is 0 Å². The molecule has 0 atom stereocenters. The summed E-state index contributed by atoms with van der Waals surface area (Å²) in [6, 6.07) is 5.68. The van der Waals surface area contributed by atoms with Crippen molar-refractivity contribution in [2.45, 2.75) is 6.85 Å². The normalized spacial score (nSPS) is 14.4. The van der Waals surface area contributed by atoms with Gasteiger partial charge in [0, 0.05) is 22.7 Å². The number of hydrogen-bond acceptors (Lipinski definition) is 2. The molecule has 1 aromatic carbocycles. The van der Waals surface area contributed by atoms with Crippen molar-refractivity contribution in [3.05, 3.63) is 24.3 Å². The molecule has 1 aromatic rings. The molecule has 1 rings (SSSR count). The standard InChI is InChI=1S/C8H9NO2/c1-6(10)9-7-3-2-4-8(11)5-7/h2-5,11H,1H3,(H,9,10)/i1D3. The second kappa shape index (κ2) is 3.05. The number of carbonyl (C=O) groups excluding carboxylic acids is 1. The van der Waals surface area contributed by atoms with Crippen molar-refractivity contribution in [2.75, 3.05) is 5.32 Å². The highest BCUT2D eigenvalue weighted by Gasteiger charge is 1.94. The van der Waals surface area contributed by atoms with E-state index in [9.17, 15) is 4.79 Å². The first-order valence-corrected chi connectivity index (χ1v) is 3.00. The zero-order valence-electron chi connectivity index (χ0n) is 8.66. The molecule has 2 N–H and O–H groups in total. The fourth-order valence-electron chi connectivity index (χ4n) is 0.715. The van der Waals surface area contributed by atoms with Crippen molar-refractivity contribution in [3.63, 3.8) is 0 Å². The predicted molar refractivity (Wildman–Crippen MR) is 42.4 cm³/mol. The first-order chi connectivity index (χ1) is 6.39. The maximum absolute atomic E-state index is 11.0. The Labute approximate surface area is 68.9 Å². The van der Waals surface area contributed by atoms with E-state index in [1.165, 1.54) is 24.3 Å². The summed E-state index contributed by atoms with van der Waals surface area (Å²) < 4.78 is 20.4. The molecular formula is C8H9NO2. The lowest BCUT2D eigenvalue weighted by Crippen LogP contribution is -2.04. The summed E-state index contributed by atoms with van der Waals surface area (Å²) in [5.74, 6) is -1.10. The summed E-state index contributed by atoms with van der Waals surface area (Å²) >= 11 is 0. The fourth-order valence-corrected chi connectivity index (χ4v) is 0.715. The van der Waals surface area contributed by atoms with E-state index >= 15 is 0 Å². The van der Waals surface area contributed by atoms with E-state index in [1.54, 1.807) is 0 Å². The Hall–Kier alpha value is -1.51. The highest BCUT2D eigenvalue weighted by atomic mass is 16.3. The van der Waals surface area contributed by atoms with Crippen LogP contribution in [0.3, 0.4) is 0 Å². The van der Waals surface area contributed by atoms with Crippen LogP contribution in [-0.4, -0.2) is 11.0 Å². The minimum atomic E-state index is -2.68. The largest absolute Gasteiger partial charge is 0.508 e. The van der Waals surface area contributed by atoms with Crippen LogP contribution in [0.25, 0.3) is 0 Å². The van der Waals surface area contributed by atoms with Crippen LogP contribution < -0.4 is 5.32 Å². The van der Waals surface area contributed by atoms with Crippen molar-refractivity contribution in [2.24, 2.45) is 0 Å². The van der Waals surface area contributed by atoms with Gasteiger partial charge in [-0.3, -0.25) is 4.79 Å². The van der Waals surface area contributed by atoms with Gasteiger partial charge in [-0.25, -0.2) is 0 Å². The lowest BCUT2D eigenvalue weighted by molar-refractivity contribution is -0.114. The Kier molecular flexibility index (Phi) is 1.22. The third kappa shape index (κ3) is 2.29. The number of phenolic OH excluding ortho intramolecular Hbond substituents is 1. The summed E-state index contributed by atoms with van der Waals surface area (Å²) in [5.41, 5.74) is 0.256. The van der Waals surface area contributed by atoms with Crippen LogP contribution in [0, 0.1) is 0 Å². The predicted octanol–water partition coefficient (Wildman–Crippen LogP) is 1.35. The molecule has 0 heterocycles. The van der Waals surface area contributed by atoms with Gasteiger partial charge in [-0.2, -0.15) is 0 Å². The molecule has 11 heavy (non-hydrogen) atoms. The van der Waals surface area contributed by atoms with Crippen LogP contribution >= 0.6 is 0 Å². The molecule has 58 valence electrons. The number of phenols is 1. The maximum Gasteiger partial charge on any atom is 0.221 e. The molecule has 0 aromatic heterocycles. The molecular weight excluding hydrogens is 142 g/mol. The molecule has 0 aliphatic carbocycles. The first-order valence-electron chi connectivity index (χ1n) is 4.50. The molecule has 0 aliphatic rings. The Morgan fingerprint density at radius 1 is 1.73 bits per heavy atom. The van der Waals surface area contributed by atoms with Gasteiger partial charge in [-0.15, -0.1) is 0 Å². The van der Waals surface area contributed by atoms with E-state index in [1.807, 2.05) is 0 Å². The smallest absolute Gasteiger partial charge is 0.221 e. The zero-order valence-corrected chi connectivity index (χ0v) is 5.66. The van der Waals surface area contributed by atoms with Crippen LogP contribution in [-0.2, 0) is 4.79 Å². The van der Waals surface area contributed by atoms with Gasteiger partial charge < -0.3 is 10.4 Å². The van der Waals surface area contributed by atoms with E-state index < -0.39 is 12.8 Å². The van der Waals surface area contributed by atoms with Gasteiger partial charge in [0.25, 0.3) is 0 Å². The molecule has 3 nitrogen and oxygen atoms in total. The van der Waals surface area contributed by atoms with Crippen molar-refractivity contribution in [1.82, 2.24) is 0 Å². The molecule has 3 heteroatoms. The number of hydrogen-bond donors (Lipinski definition) is 2. The fraction of sp³-hybridized carbons (Fsp3) is 0.125. The minimum Gasteiger partial charge on any atom is -0.508 e. The second-order valence-corrected chi connectivity index (χ2v) is 2.00. The molecule has 0 bridgehead atoms. The van der Waals surface area contributed by atoms with Crippen LogP contribution in [0.2, 0.25) is 0 Å². The second-order valence-electron chi connectivity index (χ2n) is 2.00. The Balaban J connectivity index is 2.75. The van der Waals surface area contributed by atoms with Gasteiger partial charge >= 0.3 is 0 Å². The third-order valence-corrected chi connectivity index (χ3v) is 1.10. The van der Waals surface area contributed by atoms with Crippen LogP contribution in [0.1, 0.15) is 11.0 Å². The van der Waals surface area contributed by atoms with Crippen molar-refractivity contribution >= 4 is 11.6 Å². The van der Waals surface area contributed by atoms with E-state index in [0.29, 0.717) is 0 Å². The van der Waals surface area contributed by atoms with Gasteiger partial charge in [-0.05, 0) is 12.1 Å². The molecule has 0 spiro atoms. The summed E-state index contributed by atoms with van der Waals surface area (Å²) in [4.78, 5) is 11.0. The first kappa shape index (κ1) is 4.38. The van der Waals surface area contributed by atoms with Gasteiger partial charge in [0.2, 0.25) is 5.91 Å². The number of amides is 1. The number of anilines is 1. The Morgan fingerprint density at radius 2 is 2.55 bits per heavy atom. The third-order valence-electron chi connectivity index (χ3n) is 1.10. The van der Waals surface area contributed by atoms with E-state index in [0.717, 1.165) is 0 Å². The van der Waals surface area contributed by atoms with E-state index in [4.69, 9.17) is 9.22 Å². The molecule has 0 saturated carbocycles. The number of aromatic hydroxyl groups is 1. The number of benzene rings is 1. The quantitative estimate of drug-likeness (QED) is 0.641. The number of rotatable bonds is 1. The summed E-state index contributed by atoms with van der Waals surface area (Å²) in [6.45, 7) is -2.68. The molecule has 0 unspecified atom stereocenters. The number of carbonyl (C=O) groups is 1. The van der Waals surface area contributed by atoms with Crippen LogP contribution in [0.4, 0.5) is 5.69 Å². The molecule has 0 fully saturated rings. The molecule has 1 amide bonds. The zero-order chi connectivity index (χ0) is 10.8. The lowest BCUT2D eigenvalue weighted by Gasteiger charge is -2.00. The average Bonchev–Trinajstić information content (AvgIpc) is 2.02. The highest BCUT2D eigenvalue weighted by molar-refractivity contribution is 5.88. The monoisotopic (exact) mass is 154 g/mol. The van der Waals surface area contributed by atoms with Gasteiger partial charge in [-0.1, -0.05) is 6.07 Å². The molecule has 0 saturated heterocycles. The van der Waals surface area contributed by atoms with E-state index in [-0.39, 0.29) is 11.4 Å². The summed E-state index contributed by atoms with van der Waals surface area (Å²) in [7, 11) is 0. The highest BCUT2D eigenvalue weighted by Crippen LogP contribution is 2.14. The van der Waals surface area contributed by atoms with Crippen molar-refractivity contribution in [3.8, 4) is 5.75 Å². The van der Waals surface area contributed by atoms with Crippen molar-refractivity contribution < 1.29 is 14.0 Å². The van der Waals surface area contributed by atoms with Gasteiger partial charge in [0.1, 0.15) is 5.75 Å². The number of nitrogens with one attached hydrogen (secondary N) is 1. The van der Waals surface area contributed by atoms with Crippen LogP contribution in [0.5, 0.6) is 5.75 Å². The topological polar surface area (TPSA) is 49.3 Å².